The molecule has 0 radical (unpaired) electrons. The van der Waals surface area contributed by atoms with Crippen LogP contribution in [0, 0.1) is 0 Å². The molecule has 0 aliphatic rings. The highest BCUT2D eigenvalue weighted by molar-refractivity contribution is 6.66. The van der Waals surface area contributed by atoms with Crippen molar-refractivity contribution in [1.82, 2.24) is 0 Å². The average Bonchev–Trinajstić information content (AvgIpc) is 2.14. The van der Waals surface area contributed by atoms with Crippen LogP contribution in [0.3, 0.4) is 0 Å². The molecule has 16 heavy (non-hydrogen) atoms. The number of rotatable bonds is 1. The van der Waals surface area contributed by atoms with Gasteiger partial charge in [-0.25, -0.2) is 0 Å². The molecule has 0 unspecified atom stereocenters. The summed E-state index contributed by atoms with van der Waals surface area (Å²) in [5.41, 5.74) is 8.43. The van der Waals surface area contributed by atoms with E-state index in [0.29, 0.717) is 12.1 Å². The summed E-state index contributed by atoms with van der Waals surface area (Å²) in [6.45, 7) is 6.79. The van der Waals surface area contributed by atoms with E-state index in [2.05, 4.69) is 26.8 Å². The maximum Gasteiger partial charge on any atom is 0.216 e. The van der Waals surface area contributed by atoms with Crippen molar-refractivity contribution in [2.45, 2.75) is 36.5 Å². The van der Waals surface area contributed by atoms with Gasteiger partial charge in [-0.05, 0) is 16.5 Å². The number of halogens is 3. The smallest absolute Gasteiger partial charge is 0.216 e. The second kappa shape index (κ2) is 4.73. The molecule has 1 rings (SSSR count). The van der Waals surface area contributed by atoms with Crippen molar-refractivity contribution in [1.29, 1.82) is 0 Å². The second-order valence-electron chi connectivity index (χ2n) is 4.87. The van der Waals surface area contributed by atoms with Crippen molar-refractivity contribution in [2.75, 3.05) is 0 Å². The zero-order valence-electron chi connectivity index (χ0n) is 9.65. The van der Waals surface area contributed by atoms with Crippen molar-refractivity contribution >= 4 is 34.8 Å². The van der Waals surface area contributed by atoms with Crippen LogP contribution in [0.2, 0.25) is 0 Å². The van der Waals surface area contributed by atoms with Crippen LogP contribution in [0.1, 0.15) is 37.5 Å². The Balaban J connectivity index is 3.33. The molecule has 0 fully saturated rings. The highest BCUT2D eigenvalue weighted by atomic mass is 35.6. The van der Waals surface area contributed by atoms with Gasteiger partial charge in [0.2, 0.25) is 3.79 Å². The highest BCUT2D eigenvalue weighted by Crippen LogP contribution is 2.40. The quantitative estimate of drug-likeness (QED) is 0.764. The van der Waals surface area contributed by atoms with Crippen LogP contribution in [-0.4, -0.2) is 0 Å². The van der Waals surface area contributed by atoms with Gasteiger partial charge in [0, 0.05) is 12.1 Å². The largest absolute Gasteiger partial charge is 0.326 e. The van der Waals surface area contributed by atoms with Gasteiger partial charge in [0.15, 0.2) is 0 Å². The van der Waals surface area contributed by atoms with E-state index in [0.717, 1.165) is 11.1 Å². The normalized spacial score (nSPS) is 12.9. The lowest BCUT2D eigenvalue weighted by Gasteiger charge is -2.23. The summed E-state index contributed by atoms with van der Waals surface area (Å²) in [6, 6.07) is 5.81. The number of hydrogen-bond donors (Lipinski definition) is 1. The van der Waals surface area contributed by atoms with E-state index in [9.17, 15) is 0 Å². The molecule has 1 nitrogen and oxygen atoms in total. The second-order valence-corrected chi connectivity index (χ2v) is 7.15. The Labute approximate surface area is 112 Å². The fourth-order valence-electron chi connectivity index (χ4n) is 1.41. The standard InChI is InChI=1S/C12H16Cl3N/c1-11(2,3)9-4-8(7-16)5-10(6-9)12(13,14)15/h4-6H,7,16H2,1-3H3. The number of alkyl halides is 3. The number of hydrogen-bond acceptors (Lipinski definition) is 1. The molecule has 0 aliphatic carbocycles. The van der Waals surface area contributed by atoms with E-state index in [1.807, 2.05) is 12.1 Å². The topological polar surface area (TPSA) is 26.0 Å². The third-order valence-corrected chi connectivity index (χ3v) is 3.08. The van der Waals surface area contributed by atoms with E-state index < -0.39 is 3.79 Å². The molecule has 1 aromatic rings. The Morgan fingerprint density at radius 3 is 1.88 bits per heavy atom. The van der Waals surface area contributed by atoms with Gasteiger partial charge in [0.25, 0.3) is 0 Å². The summed E-state index contributed by atoms with van der Waals surface area (Å²) in [6.07, 6.45) is 0. The molecule has 0 bridgehead atoms. The Morgan fingerprint density at radius 1 is 1.00 bits per heavy atom. The number of nitrogens with two attached hydrogens (primary N) is 1. The Bertz CT molecular complexity index is 343. The summed E-state index contributed by atoms with van der Waals surface area (Å²) < 4.78 is -1.40. The van der Waals surface area contributed by atoms with Crippen LogP contribution in [0.25, 0.3) is 0 Å². The molecule has 90 valence electrons. The van der Waals surface area contributed by atoms with Gasteiger partial charge in [0.1, 0.15) is 0 Å². The minimum atomic E-state index is -1.40. The first-order chi connectivity index (χ1) is 7.14. The van der Waals surface area contributed by atoms with Gasteiger partial charge in [-0.3, -0.25) is 0 Å². The average molecular weight is 281 g/mol. The Morgan fingerprint density at radius 2 is 1.50 bits per heavy atom. The van der Waals surface area contributed by atoms with E-state index in [-0.39, 0.29) is 5.41 Å². The molecular weight excluding hydrogens is 264 g/mol. The van der Waals surface area contributed by atoms with Crippen molar-refractivity contribution in [3.8, 4) is 0 Å². The fourth-order valence-corrected chi connectivity index (χ4v) is 1.73. The minimum absolute atomic E-state index is 0.00977. The van der Waals surface area contributed by atoms with Gasteiger partial charge in [-0.1, -0.05) is 73.8 Å². The van der Waals surface area contributed by atoms with E-state index in [4.69, 9.17) is 40.5 Å². The van der Waals surface area contributed by atoms with Crippen LogP contribution in [0.15, 0.2) is 18.2 Å². The first-order valence-corrected chi connectivity index (χ1v) is 6.19. The van der Waals surface area contributed by atoms with Crippen molar-refractivity contribution in [2.24, 2.45) is 5.73 Å². The summed E-state index contributed by atoms with van der Waals surface area (Å²) in [5.74, 6) is 0. The SMILES string of the molecule is CC(C)(C)c1cc(CN)cc(C(Cl)(Cl)Cl)c1. The molecule has 0 amide bonds. The Hall–Kier alpha value is 0.0500. The maximum absolute atomic E-state index is 5.90. The summed E-state index contributed by atoms with van der Waals surface area (Å²) >= 11 is 17.7. The van der Waals surface area contributed by atoms with E-state index in [1.165, 1.54) is 0 Å². The molecule has 0 aromatic heterocycles. The first kappa shape index (κ1) is 14.1. The first-order valence-electron chi connectivity index (χ1n) is 5.06. The monoisotopic (exact) mass is 279 g/mol. The van der Waals surface area contributed by atoms with Gasteiger partial charge in [0.05, 0.1) is 0 Å². The van der Waals surface area contributed by atoms with E-state index in [1.54, 1.807) is 0 Å². The molecule has 0 spiro atoms. The lowest BCUT2D eigenvalue weighted by molar-refractivity contribution is 0.588. The molecule has 2 N–H and O–H groups in total. The summed E-state index contributed by atoms with van der Waals surface area (Å²) in [5, 5.41) is 0. The van der Waals surface area contributed by atoms with Crippen LogP contribution in [0.5, 0.6) is 0 Å². The fraction of sp³-hybridized carbons (Fsp3) is 0.500. The van der Waals surface area contributed by atoms with Gasteiger partial charge < -0.3 is 5.73 Å². The van der Waals surface area contributed by atoms with Crippen molar-refractivity contribution < 1.29 is 0 Å². The summed E-state index contributed by atoms with van der Waals surface area (Å²) in [7, 11) is 0. The molecular formula is C12H16Cl3N. The highest BCUT2D eigenvalue weighted by Gasteiger charge is 2.25. The van der Waals surface area contributed by atoms with E-state index >= 15 is 0 Å². The van der Waals surface area contributed by atoms with Crippen LogP contribution in [0.4, 0.5) is 0 Å². The molecule has 0 heterocycles. The zero-order valence-corrected chi connectivity index (χ0v) is 11.9. The maximum atomic E-state index is 5.90. The van der Waals surface area contributed by atoms with Crippen LogP contribution < -0.4 is 5.73 Å². The van der Waals surface area contributed by atoms with Gasteiger partial charge in [-0.2, -0.15) is 0 Å². The predicted molar refractivity (Wildman–Crippen MR) is 72.3 cm³/mol. The molecule has 0 atom stereocenters. The lowest BCUT2D eigenvalue weighted by Crippen LogP contribution is -2.14. The Kier molecular flexibility index (Phi) is 4.18. The van der Waals surface area contributed by atoms with Crippen LogP contribution in [-0.2, 0) is 15.8 Å². The zero-order chi connectivity index (χ0) is 12.6. The van der Waals surface area contributed by atoms with Crippen molar-refractivity contribution in [3.63, 3.8) is 0 Å². The molecule has 1 aromatic carbocycles. The minimum Gasteiger partial charge on any atom is -0.326 e. The molecule has 0 saturated carbocycles. The predicted octanol–water partition coefficient (Wildman–Crippen LogP) is 4.27. The third-order valence-electron chi connectivity index (χ3n) is 2.42. The molecule has 0 aliphatic heterocycles. The number of benzene rings is 1. The van der Waals surface area contributed by atoms with Gasteiger partial charge in [-0.15, -0.1) is 0 Å². The summed E-state index contributed by atoms with van der Waals surface area (Å²) in [4.78, 5) is 0. The third kappa shape index (κ3) is 3.53. The van der Waals surface area contributed by atoms with Gasteiger partial charge >= 0.3 is 0 Å². The lowest BCUT2D eigenvalue weighted by atomic mass is 9.85. The van der Waals surface area contributed by atoms with Crippen molar-refractivity contribution in [3.05, 3.63) is 34.9 Å². The molecule has 0 saturated heterocycles. The van der Waals surface area contributed by atoms with Crippen LogP contribution >= 0.6 is 34.8 Å². The molecule has 4 heteroatoms.